The molecule has 2 heterocycles. The molecule has 0 aliphatic carbocycles. The Bertz CT molecular complexity index is 1120. The van der Waals surface area contributed by atoms with Crippen LogP contribution in [0, 0.1) is 0 Å². The van der Waals surface area contributed by atoms with E-state index in [9.17, 15) is 9.59 Å². The van der Waals surface area contributed by atoms with Gasteiger partial charge in [0.2, 0.25) is 0 Å². The second-order valence-corrected chi connectivity index (χ2v) is 7.72. The van der Waals surface area contributed by atoms with Crippen molar-refractivity contribution >= 4 is 22.6 Å². The first kappa shape index (κ1) is 18.1. The van der Waals surface area contributed by atoms with E-state index in [2.05, 4.69) is 10.6 Å². The maximum atomic E-state index is 12.8. The summed E-state index contributed by atoms with van der Waals surface area (Å²) in [6.45, 7) is 4.03. The highest BCUT2D eigenvalue weighted by molar-refractivity contribution is 6.00. The van der Waals surface area contributed by atoms with Gasteiger partial charge in [-0.05, 0) is 38.1 Å². The van der Waals surface area contributed by atoms with Gasteiger partial charge in [-0.1, -0.05) is 24.3 Å². The van der Waals surface area contributed by atoms with Gasteiger partial charge in [0.1, 0.15) is 11.4 Å². The van der Waals surface area contributed by atoms with E-state index in [0.717, 1.165) is 22.2 Å². The third-order valence-electron chi connectivity index (χ3n) is 5.10. The van der Waals surface area contributed by atoms with Gasteiger partial charge in [0, 0.05) is 30.5 Å². The van der Waals surface area contributed by atoms with E-state index in [1.165, 1.54) is 6.07 Å². The van der Waals surface area contributed by atoms with Gasteiger partial charge in [-0.3, -0.25) is 4.79 Å². The molecule has 6 heteroatoms. The van der Waals surface area contributed by atoms with Crippen LogP contribution in [0.4, 0.5) is 10.5 Å². The molecule has 2 N–H and O–H groups in total. The van der Waals surface area contributed by atoms with E-state index in [-0.39, 0.29) is 23.2 Å². The number of pyridine rings is 1. The molecule has 0 unspecified atom stereocenters. The number of para-hydroxylation sites is 1. The van der Waals surface area contributed by atoms with Gasteiger partial charge in [-0.2, -0.15) is 0 Å². The second-order valence-electron chi connectivity index (χ2n) is 7.72. The zero-order chi connectivity index (χ0) is 19.9. The number of carbonyl (C=O) groups is 1. The number of hydrogen-bond donors (Lipinski definition) is 2. The standard InChI is InChI=1S/C22H23N3O3/c1-22(2)13-17(15-7-4-5-10-19(15)28-22)24-21(27)23-16-8-6-9-18-14(16)11-12-20(26)25(18)3/h4-12,17H,13H2,1-3H3,(H2,23,24,27)/t17-/m1/s1. The summed E-state index contributed by atoms with van der Waals surface area (Å²) in [5, 5.41) is 6.81. The molecule has 1 atom stereocenters. The molecule has 2 aromatic carbocycles. The summed E-state index contributed by atoms with van der Waals surface area (Å²) in [7, 11) is 1.72. The molecule has 2 amide bonds. The number of benzene rings is 2. The Hall–Kier alpha value is -3.28. The lowest BCUT2D eigenvalue weighted by molar-refractivity contribution is 0.0683. The molecule has 0 saturated carbocycles. The zero-order valence-electron chi connectivity index (χ0n) is 16.2. The molecule has 0 radical (unpaired) electrons. The van der Waals surface area contributed by atoms with Crippen LogP contribution in [0.5, 0.6) is 5.75 Å². The minimum absolute atomic E-state index is 0.0878. The quantitative estimate of drug-likeness (QED) is 0.710. The van der Waals surface area contributed by atoms with Crippen molar-refractivity contribution in [1.82, 2.24) is 9.88 Å². The Balaban J connectivity index is 1.60. The summed E-state index contributed by atoms with van der Waals surface area (Å²) in [4.78, 5) is 24.6. The molecule has 0 fully saturated rings. The number of fused-ring (bicyclic) bond motifs is 2. The highest BCUT2D eigenvalue weighted by Gasteiger charge is 2.34. The average Bonchev–Trinajstić information content (AvgIpc) is 2.64. The van der Waals surface area contributed by atoms with Gasteiger partial charge >= 0.3 is 6.03 Å². The van der Waals surface area contributed by atoms with Crippen LogP contribution in [0.15, 0.2) is 59.4 Å². The summed E-state index contributed by atoms with van der Waals surface area (Å²) < 4.78 is 7.59. The summed E-state index contributed by atoms with van der Waals surface area (Å²) in [6, 6.07) is 16.1. The fourth-order valence-corrected chi connectivity index (χ4v) is 3.76. The average molecular weight is 377 g/mol. The van der Waals surface area contributed by atoms with Crippen molar-refractivity contribution in [3.63, 3.8) is 0 Å². The number of anilines is 1. The topological polar surface area (TPSA) is 72.4 Å². The number of rotatable bonds is 2. The molecule has 6 nitrogen and oxygen atoms in total. The summed E-state index contributed by atoms with van der Waals surface area (Å²) >= 11 is 0. The van der Waals surface area contributed by atoms with Gasteiger partial charge in [0.05, 0.1) is 17.2 Å². The van der Waals surface area contributed by atoms with E-state index in [1.807, 2.05) is 56.3 Å². The normalized spacial score (nSPS) is 17.5. The van der Waals surface area contributed by atoms with Crippen LogP contribution in [-0.4, -0.2) is 16.2 Å². The lowest BCUT2D eigenvalue weighted by Gasteiger charge is -2.37. The Labute approximate surface area is 163 Å². The fourth-order valence-electron chi connectivity index (χ4n) is 3.76. The minimum atomic E-state index is -0.371. The molecule has 0 bridgehead atoms. The highest BCUT2D eigenvalue weighted by atomic mass is 16.5. The van der Waals surface area contributed by atoms with E-state index in [4.69, 9.17) is 4.74 Å². The Morgan fingerprint density at radius 1 is 1.11 bits per heavy atom. The van der Waals surface area contributed by atoms with Crippen LogP contribution in [-0.2, 0) is 7.05 Å². The van der Waals surface area contributed by atoms with Crippen LogP contribution >= 0.6 is 0 Å². The van der Waals surface area contributed by atoms with E-state index in [0.29, 0.717) is 12.1 Å². The Morgan fingerprint density at radius 2 is 1.89 bits per heavy atom. The molecular formula is C22H23N3O3. The first-order chi connectivity index (χ1) is 13.3. The molecule has 1 aliphatic heterocycles. The number of urea groups is 1. The fraction of sp³-hybridized carbons (Fsp3) is 0.273. The van der Waals surface area contributed by atoms with Crippen molar-refractivity contribution in [1.29, 1.82) is 0 Å². The van der Waals surface area contributed by atoms with E-state index < -0.39 is 0 Å². The number of amides is 2. The highest BCUT2D eigenvalue weighted by Crippen LogP contribution is 2.39. The van der Waals surface area contributed by atoms with Crippen LogP contribution in [0.25, 0.3) is 10.9 Å². The zero-order valence-corrected chi connectivity index (χ0v) is 16.2. The number of carbonyl (C=O) groups excluding carboxylic acids is 1. The molecule has 144 valence electrons. The molecule has 0 spiro atoms. The van der Waals surface area contributed by atoms with Gasteiger partial charge in [-0.25, -0.2) is 4.79 Å². The maximum absolute atomic E-state index is 12.8. The molecule has 28 heavy (non-hydrogen) atoms. The molecule has 4 rings (SSSR count). The van der Waals surface area contributed by atoms with E-state index >= 15 is 0 Å². The summed E-state index contributed by atoms with van der Waals surface area (Å²) in [5.74, 6) is 0.796. The van der Waals surface area contributed by atoms with Crippen molar-refractivity contribution in [3.8, 4) is 5.75 Å². The monoisotopic (exact) mass is 377 g/mol. The number of hydrogen-bond acceptors (Lipinski definition) is 3. The lowest BCUT2D eigenvalue weighted by Crippen LogP contribution is -2.42. The lowest BCUT2D eigenvalue weighted by atomic mass is 9.90. The smallest absolute Gasteiger partial charge is 0.319 e. The largest absolute Gasteiger partial charge is 0.487 e. The number of nitrogens with zero attached hydrogens (tertiary/aromatic N) is 1. The maximum Gasteiger partial charge on any atom is 0.319 e. The van der Waals surface area contributed by atoms with E-state index in [1.54, 1.807) is 17.7 Å². The van der Waals surface area contributed by atoms with Crippen LogP contribution in [0.3, 0.4) is 0 Å². The molecule has 1 aliphatic rings. The predicted molar refractivity (Wildman–Crippen MR) is 110 cm³/mol. The van der Waals surface area contributed by atoms with Crippen molar-refractivity contribution in [2.45, 2.75) is 31.9 Å². The Morgan fingerprint density at radius 3 is 2.71 bits per heavy atom. The Kier molecular flexibility index (Phi) is 4.34. The second kappa shape index (κ2) is 6.71. The molecular weight excluding hydrogens is 354 g/mol. The van der Waals surface area contributed by atoms with Crippen molar-refractivity contribution < 1.29 is 9.53 Å². The first-order valence-corrected chi connectivity index (χ1v) is 9.28. The number of aromatic nitrogens is 1. The van der Waals surface area contributed by atoms with Crippen LogP contribution in [0.2, 0.25) is 0 Å². The number of ether oxygens (including phenoxy) is 1. The number of aryl methyl sites for hydroxylation is 1. The van der Waals surface area contributed by atoms with Crippen molar-refractivity contribution in [2.75, 3.05) is 5.32 Å². The third-order valence-corrected chi connectivity index (χ3v) is 5.10. The predicted octanol–water partition coefficient (Wildman–Crippen LogP) is 3.96. The van der Waals surface area contributed by atoms with Crippen LogP contribution < -0.4 is 20.9 Å². The third kappa shape index (κ3) is 3.33. The SMILES string of the molecule is Cn1c(=O)ccc2c(NC(=O)N[C@@H]3CC(C)(C)Oc4ccccc43)cccc21. The summed E-state index contributed by atoms with van der Waals surface area (Å²) in [5.41, 5.74) is 1.93. The van der Waals surface area contributed by atoms with Gasteiger partial charge < -0.3 is 19.9 Å². The molecule has 3 aromatic rings. The molecule has 0 saturated heterocycles. The van der Waals surface area contributed by atoms with Crippen molar-refractivity contribution in [2.24, 2.45) is 7.05 Å². The van der Waals surface area contributed by atoms with Gasteiger partial charge in [-0.15, -0.1) is 0 Å². The first-order valence-electron chi connectivity index (χ1n) is 9.28. The van der Waals surface area contributed by atoms with Crippen LogP contribution in [0.1, 0.15) is 31.9 Å². The van der Waals surface area contributed by atoms with Crippen molar-refractivity contribution in [3.05, 3.63) is 70.5 Å². The van der Waals surface area contributed by atoms with Gasteiger partial charge in [0.15, 0.2) is 0 Å². The minimum Gasteiger partial charge on any atom is -0.487 e. The number of nitrogens with one attached hydrogen (secondary N) is 2. The van der Waals surface area contributed by atoms with Gasteiger partial charge in [0.25, 0.3) is 5.56 Å². The summed E-state index contributed by atoms with van der Waals surface area (Å²) in [6.07, 6.45) is 0.668. The molecule has 1 aromatic heterocycles.